The van der Waals surface area contributed by atoms with Crippen molar-refractivity contribution in [1.29, 1.82) is 0 Å². The Morgan fingerprint density at radius 3 is 2.33 bits per heavy atom. The van der Waals surface area contributed by atoms with Gasteiger partial charge in [-0.25, -0.2) is 8.61 Å². The zero-order valence-electron chi connectivity index (χ0n) is 13.1. The molecule has 1 heterocycles. The Kier molecular flexibility index (Phi) is 4.28. The molecule has 0 unspecified atom stereocenters. The maximum absolute atomic E-state index is 13.0. The van der Waals surface area contributed by atoms with E-state index in [-0.39, 0.29) is 13.1 Å². The maximum Gasteiger partial charge on any atom is 0.330 e. The van der Waals surface area contributed by atoms with Gasteiger partial charge < -0.3 is 0 Å². The number of benzene rings is 2. The zero-order valence-corrected chi connectivity index (χ0v) is 14.0. The smallest absolute Gasteiger partial charge is 0.268 e. The Bertz CT molecular complexity index is 927. The fourth-order valence-electron chi connectivity index (χ4n) is 2.57. The Morgan fingerprint density at radius 2 is 1.62 bits per heavy atom. The fraction of sp³-hybridized carbons (Fsp3) is 0.167. The highest BCUT2D eigenvalue weighted by atomic mass is 32.2. The van der Waals surface area contributed by atoms with Crippen molar-refractivity contribution in [3.05, 3.63) is 65.7 Å². The molecule has 1 aliphatic rings. The van der Waals surface area contributed by atoms with E-state index in [1.54, 1.807) is 43.3 Å². The van der Waals surface area contributed by atoms with Gasteiger partial charge in [-0.05, 0) is 24.6 Å². The summed E-state index contributed by atoms with van der Waals surface area (Å²) >= 11 is 0. The summed E-state index contributed by atoms with van der Waals surface area (Å²) in [7, 11) is -3.98. The van der Waals surface area contributed by atoms with Crippen molar-refractivity contribution in [3.8, 4) is 11.8 Å². The Hall–Kier alpha value is -2.78. The van der Waals surface area contributed by atoms with Crippen molar-refractivity contribution in [2.45, 2.75) is 13.5 Å². The van der Waals surface area contributed by atoms with Crippen LogP contribution in [0.1, 0.15) is 22.8 Å². The molecule has 2 aromatic carbocycles. The fourth-order valence-corrected chi connectivity index (χ4v) is 4.07. The number of para-hydroxylation sites is 1. The molecule has 0 aliphatic carbocycles. The average Bonchev–Trinajstić information content (AvgIpc) is 2.59. The second-order valence-electron chi connectivity index (χ2n) is 5.26. The third-order valence-corrected chi connectivity index (χ3v) is 5.49. The van der Waals surface area contributed by atoms with E-state index in [9.17, 15) is 13.2 Å². The lowest BCUT2D eigenvalue weighted by Gasteiger charge is -2.36. The molecule has 0 fully saturated rings. The lowest BCUT2D eigenvalue weighted by molar-refractivity contribution is 0.0851. The van der Waals surface area contributed by atoms with E-state index in [4.69, 9.17) is 0 Å². The van der Waals surface area contributed by atoms with Crippen LogP contribution >= 0.6 is 0 Å². The quantitative estimate of drug-likeness (QED) is 0.806. The van der Waals surface area contributed by atoms with Gasteiger partial charge in [-0.1, -0.05) is 48.4 Å². The summed E-state index contributed by atoms with van der Waals surface area (Å²) in [6.07, 6.45) is 0. The normalized spacial score (nSPS) is 15.5. The number of carbonyl (C=O) groups is 1. The number of nitrogens with zero attached hydrogens (tertiary/aromatic N) is 2. The van der Waals surface area contributed by atoms with Crippen molar-refractivity contribution in [3.63, 3.8) is 0 Å². The van der Waals surface area contributed by atoms with Crippen molar-refractivity contribution in [2.75, 3.05) is 10.8 Å². The third kappa shape index (κ3) is 2.74. The lowest BCUT2D eigenvalue weighted by atomic mass is 10.1. The first-order chi connectivity index (χ1) is 11.6. The highest BCUT2D eigenvalue weighted by Gasteiger charge is 2.41. The molecule has 6 heteroatoms. The molecule has 0 spiro atoms. The van der Waals surface area contributed by atoms with Gasteiger partial charge in [0.1, 0.15) is 0 Å². The Morgan fingerprint density at radius 1 is 0.958 bits per heavy atom. The van der Waals surface area contributed by atoms with Crippen LogP contribution in [0.25, 0.3) is 0 Å². The molecule has 0 aromatic heterocycles. The summed E-state index contributed by atoms with van der Waals surface area (Å²) in [5.74, 6) is 4.95. The largest absolute Gasteiger partial charge is 0.330 e. The maximum atomic E-state index is 13.0. The molecule has 24 heavy (non-hydrogen) atoms. The van der Waals surface area contributed by atoms with Gasteiger partial charge in [0.15, 0.2) is 0 Å². The molecule has 0 radical (unpaired) electrons. The molecule has 0 saturated carbocycles. The van der Waals surface area contributed by atoms with Gasteiger partial charge in [0.2, 0.25) is 0 Å². The second kappa shape index (κ2) is 6.38. The molecule has 5 nitrogen and oxygen atoms in total. The molecule has 1 aliphatic heterocycles. The zero-order chi connectivity index (χ0) is 17.2. The van der Waals surface area contributed by atoms with Crippen LogP contribution in [-0.2, 0) is 16.8 Å². The molecular weight excluding hydrogens is 324 g/mol. The summed E-state index contributed by atoms with van der Waals surface area (Å²) in [6.45, 7) is 1.65. The van der Waals surface area contributed by atoms with Crippen LogP contribution < -0.4 is 4.31 Å². The van der Waals surface area contributed by atoms with Crippen LogP contribution in [0.3, 0.4) is 0 Å². The Labute approximate surface area is 141 Å². The molecule has 0 saturated heterocycles. The summed E-state index contributed by atoms with van der Waals surface area (Å²) in [6, 6.07) is 15.7. The van der Waals surface area contributed by atoms with E-state index in [2.05, 4.69) is 11.8 Å². The molecule has 1 amide bonds. The van der Waals surface area contributed by atoms with Crippen LogP contribution in [0.15, 0.2) is 54.6 Å². The van der Waals surface area contributed by atoms with E-state index >= 15 is 0 Å². The standard InChI is InChI=1S/C18H16N2O3S/c1-2-3-13-19-17-12-8-7-11-16(17)18(21)20(24(19,22)23)14-15-9-5-4-6-10-15/h4-12H,13-14H2,1H3. The van der Waals surface area contributed by atoms with Crippen LogP contribution in [0.4, 0.5) is 5.69 Å². The molecule has 0 bridgehead atoms. The van der Waals surface area contributed by atoms with Gasteiger partial charge in [0.25, 0.3) is 5.91 Å². The van der Waals surface area contributed by atoms with E-state index < -0.39 is 16.1 Å². The first-order valence-electron chi connectivity index (χ1n) is 7.43. The first-order valence-corrected chi connectivity index (χ1v) is 8.82. The molecule has 3 rings (SSSR count). The van der Waals surface area contributed by atoms with Gasteiger partial charge in [0.05, 0.1) is 24.3 Å². The SMILES string of the molecule is CC#CCN1c2ccccc2C(=O)N(Cc2ccccc2)S1(=O)=O. The Balaban J connectivity index is 2.09. The van der Waals surface area contributed by atoms with E-state index in [1.807, 2.05) is 18.2 Å². The van der Waals surface area contributed by atoms with E-state index in [1.165, 1.54) is 4.31 Å². The summed E-state index contributed by atoms with van der Waals surface area (Å²) in [5.41, 5.74) is 1.48. The summed E-state index contributed by atoms with van der Waals surface area (Å²) < 4.78 is 28.0. The number of amides is 1. The van der Waals surface area contributed by atoms with Crippen molar-refractivity contribution < 1.29 is 13.2 Å². The van der Waals surface area contributed by atoms with Crippen LogP contribution in [0, 0.1) is 11.8 Å². The number of anilines is 1. The van der Waals surface area contributed by atoms with E-state index in [0.29, 0.717) is 11.3 Å². The minimum Gasteiger partial charge on any atom is -0.268 e. The number of hydrogen-bond donors (Lipinski definition) is 0. The highest BCUT2D eigenvalue weighted by Crippen LogP contribution is 2.32. The minimum absolute atomic E-state index is 0.00755. The van der Waals surface area contributed by atoms with Gasteiger partial charge in [0, 0.05) is 0 Å². The molecular formula is C18H16N2O3S. The predicted molar refractivity (Wildman–Crippen MR) is 92.5 cm³/mol. The van der Waals surface area contributed by atoms with Crippen molar-refractivity contribution in [1.82, 2.24) is 4.31 Å². The minimum atomic E-state index is -3.98. The van der Waals surface area contributed by atoms with Crippen LogP contribution in [0.2, 0.25) is 0 Å². The van der Waals surface area contributed by atoms with Crippen molar-refractivity contribution in [2.24, 2.45) is 0 Å². The van der Waals surface area contributed by atoms with Crippen molar-refractivity contribution >= 4 is 21.8 Å². The van der Waals surface area contributed by atoms with Gasteiger partial charge in [-0.15, -0.1) is 5.92 Å². The predicted octanol–water partition coefficient (Wildman–Crippen LogP) is 2.42. The topological polar surface area (TPSA) is 57.7 Å². The number of fused-ring (bicyclic) bond motifs is 1. The monoisotopic (exact) mass is 340 g/mol. The molecule has 0 N–H and O–H groups in total. The molecule has 122 valence electrons. The van der Waals surface area contributed by atoms with Gasteiger partial charge >= 0.3 is 10.2 Å². The lowest BCUT2D eigenvalue weighted by Crippen LogP contribution is -2.51. The number of rotatable bonds is 3. The summed E-state index contributed by atoms with van der Waals surface area (Å²) in [5, 5.41) is 0. The third-order valence-electron chi connectivity index (χ3n) is 3.76. The summed E-state index contributed by atoms with van der Waals surface area (Å²) in [4.78, 5) is 12.7. The average molecular weight is 340 g/mol. The molecule has 2 aromatic rings. The van der Waals surface area contributed by atoms with E-state index in [0.717, 1.165) is 9.87 Å². The number of hydrogen-bond acceptors (Lipinski definition) is 3. The number of carbonyl (C=O) groups excluding carboxylic acids is 1. The van der Waals surface area contributed by atoms with Gasteiger partial charge in [-0.3, -0.25) is 4.79 Å². The van der Waals surface area contributed by atoms with Crippen LogP contribution in [0.5, 0.6) is 0 Å². The first kappa shape index (κ1) is 16.1. The highest BCUT2D eigenvalue weighted by molar-refractivity contribution is 7.91. The molecule has 0 atom stereocenters. The van der Waals surface area contributed by atoms with Gasteiger partial charge in [-0.2, -0.15) is 8.42 Å². The van der Waals surface area contributed by atoms with Crippen LogP contribution in [-0.4, -0.2) is 25.2 Å². The second-order valence-corrected chi connectivity index (χ2v) is 7.03.